The predicted molar refractivity (Wildman–Crippen MR) is 113 cm³/mol. The highest BCUT2D eigenvalue weighted by atomic mass is 79.9. The zero-order valence-corrected chi connectivity index (χ0v) is 17.7. The molecule has 1 atom stereocenters. The smallest absolute Gasteiger partial charge is 0.253 e. The van der Waals surface area contributed by atoms with Crippen LogP contribution >= 0.6 is 39.3 Å². The third kappa shape index (κ3) is 5.76. The lowest BCUT2D eigenvalue weighted by Crippen LogP contribution is -2.44. The van der Waals surface area contributed by atoms with Gasteiger partial charge in [-0.25, -0.2) is 0 Å². The van der Waals surface area contributed by atoms with E-state index in [9.17, 15) is 9.59 Å². The van der Waals surface area contributed by atoms with Gasteiger partial charge >= 0.3 is 0 Å². The molecule has 2 aromatic rings. The molecule has 0 bridgehead atoms. The minimum atomic E-state index is -0.638. The minimum Gasteiger partial charge on any atom is -0.340 e. The summed E-state index contributed by atoms with van der Waals surface area (Å²) >= 11 is 11.0. The van der Waals surface area contributed by atoms with Crippen molar-refractivity contribution in [3.05, 3.63) is 63.1 Å². The van der Waals surface area contributed by atoms with E-state index >= 15 is 0 Å². The number of rotatable bonds is 7. The lowest BCUT2D eigenvalue weighted by molar-refractivity contribution is -0.118. The Morgan fingerprint density at radius 3 is 2.65 bits per heavy atom. The SMILES string of the molecule is CSCCC(NC(=O)c1ccccc1Br)C(=O)Nc1cc(Cl)ccc1C. The molecule has 2 amide bonds. The van der Waals surface area contributed by atoms with Crippen LogP contribution in [0.15, 0.2) is 46.9 Å². The van der Waals surface area contributed by atoms with Crippen LogP contribution in [-0.2, 0) is 4.79 Å². The Kier molecular flexibility index (Phi) is 8.00. The number of carbonyl (C=O) groups excluding carboxylic acids is 2. The van der Waals surface area contributed by atoms with Crippen molar-refractivity contribution in [3.63, 3.8) is 0 Å². The molecule has 0 aliphatic rings. The van der Waals surface area contributed by atoms with Crippen molar-refractivity contribution in [2.24, 2.45) is 0 Å². The third-order valence-electron chi connectivity index (χ3n) is 3.81. The molecule has 0 heterocycles. The van der Waals surface area contributed by atoms with E-state index in [2.05, 4.69) is 26.6 Å². The van der Waals surface area contributed by atoms with Gasteiger partial charge < -0.3 is 10.6 Å². The number of carbonyl (C=O) groups is 2. The van der Waals surface area contributed by atoms with E-state index in [1.54, 1.807) is 42.1 Å². The number of benzene rings is 2. The lowest BCUT2D eigenvalue weighted by atomic mass is 10.1. The molecule has 1 unspecified atom stereocenters. The maximum absolute atomic E-state index is 12.7. The Labute approximate surface area is 171 Å². The van der Waals surface area contributed by atoms with Crippen LogP contribution in [0.1, 0.15) is 22.3 Å². The summed E-state index contributed by atoms with van der Waals surface area (Å²) in [5, 5.41) is 6.25. The van der Waals surface area contributed by atoms with Crippen molar-refractivity contribution in [3.8, 4) is 0 Å². The summed E-state index contributed by atoms with van der Waals surface area (Å²) in [5.41, 5.74) is 2.05. The predicted octanol–water partition coefficient (Wildman–Crippen LogP) is 4.90. The molecule has 4 nitrogen and oxygen atoms in total. The fraction of sp³-hybridized carbons (Fsp3) is 0.263. The topological polar surface area (TPSA) is 58.2 Å². The van der Waals surface area contributed by atoms with E-state index in [0.717, 1.165) is 11.3 Å². The van der Waals surface area contributed by atoms with Gasteiger partial charge in [-0.15, -0.1) is 0 Å². The maximum atomic E-state index is 12.7. The highest BCUT2D eigenvalue weighted by molar-refractivity contribution is 9.10. The molecular formula is C19H20BrClN2O2S. The Morgan fingerprint density at radius 2 is 1.96 bits per heavy atom. The van der Waals surface area contributed by atoms with Crippen molar-refractivity contribution in [2.75, 3.05) is 17.3 Å². The molecule has 7 heteroatoms. The fourth-order valence-electron chi connectivity index (χ4n) is 2.33. The Morgan fingerprint density at radius 1 is 1.23 bits per heavy atom. The molecule has 138 valence electrons. The van der Waals surface area contributed by atoms with E-state index < -0.39 is 6.04 Å². The van der Waals surface area contributed by atoms with Crippen molar-refractivity contribution < 1.29 is 9.59 Å². The molecule has 2 N–H and O–H groups in total. The molecule has 0 saturated heterocycles. The van der Waals surface area contributed by atoms with Gasteiger partial charge in [0, 0.05) is 15.2 Å². The second-order valence-electron chi connectivity index (χ2n) is 5.74. The Balaban J connectivity index is 2.15. The van der Waals surface area contributed by atoms with Gasteiger partial charge in [-0.1, -0.05) is 29.8 Å². The summed E-state index contributed by atoms with van der Waals surface area (Å²) in [4.78, 5) is 25.3. The second-order valence-corrected chi connectivity index (χ2v) is 8.01. The van der Waals surface area contributed by atoms with Gasteiger partial charge in [0.25, 0.3) is 5.91 Å². The van der Waals surface area contributed by atoms with E-state index in [4.69, 9.17) is 11.6 Å². The van der Waals surface area contributed by atoms with Crippen LogP contribution in [0.3, 0.4) is 0 Å². The monoisotopic (exact) mass is 454 g/mol. The quantitative estimate of drug-likeness (QED) is 0.624. The minimum absolute atomic E-state index is 0.259. The maximum Gasteiger partial charge on any atom is 0.253 e. The zero-order valence-electron chi connectivity index (χ0n) is 14.5. The third-order valence-corrected chi connectivity index (χ3v) is 5.38. The first-order valence-corrected chi connectivity index (χ1v) is 10.6. The van der Waals surface area contributed by atoms with E-state index in [1.165, 1.54) is 0 Å². The van der Waals surface area contributed by atoms with Gasteiger partial charge in [-0.05, 0) is 71.1 Å². The van der Waals surface area contributed by atoms with Gasteiger partial charge in [-0.3, -0.25) is 9.59 Å². The van der Waals surface area contributed by atoms with Gasteiger partial charge in [-0.2, -0.15) is 11.8 Å². The van der Waals surface area contributed by atoms with Crippen LogP contribution in [0.5, 0.6) is 0 Å². The summed E-state index contributed by atoms with van der Waals surface area (Å²) < 4.78 is 0.687. The molecule has 0 aliphatic carbocycles. The number of anilines is 1. The summed E-state index contributed by atoms with van der Waals surface area (Å²) in [7, 11) is 0. The van der Waals surface area contributed by atoms with E-state index in [1.807, 2.05) is 25.3 Å². The van der Waals surface area contributed by atoms with Crippen LogP contribution in [0, 0.1) is 6.92 Å². The molecule has 0 saturated carbocycles. The number of hydrogen-bond donors (Lipinski definition) is 2. The fourth-order valence-corrected chi connectivity index (χ4v) is 3.44. The average Bonchev–Trinajstić information content (AvgIpc) is 2.61. The molecule has 2 rings (SSSR count). The first-order valence-electron chi connectivity index (χ1n) is 8.03. The van der Waals surface area contributed by atoms with Gasteiger partial charge in [0.15, 0.2) is 0 Å². The van der Waals surface area contributed by atoms with Gasteiger partial charge in [0.2, 0.25) is 5.91 Å². The first-order chi connectivity index (χ1) is 12.4. The summed E-state index contributed by atoms with van der Waals surface area (Å²) in [5.74, 6) is 0.203. The number of nitrogens with one attached hydrogen (secondary N) is 2. The molecule has 0 spiro atoms. The molecular weight excluding hydrogens is 436 g/mol. The normalized spacial score (nSPS) is 11.7. The molecule has 0 aliphatic heterocycles. The zero-order chi connectivity index (χ0) is 19.1. The molecule has 2 aromatic carbocycles. The van der Waals surface area contributed by atoms with E-state index in [-0.39, 0.29) is 11.8 Å². The Bertz CT molecular complexity index is 801. The van der Waals surface area contributed by atoms with Gasteiger partial charge in [0.05, 0.1) is 5.56 Å². The largest absolute Gasteiger partial charge is 0.340 e. The van der Waals surface area contributed by atoms with Crippen molar-refractivity contribution in [2.45, 2.75) is 19.4 Å². The summed E-state index contributed by atoms with van der Waals surface area (Å²) in [6, 6.07) is 11.8. The standard InChI is InChI=1S/C19H20BrClN2O2S/c1-12-7-8-13(21)11-17(12)23-19(25)16(9-10-26-2)22-18(24)14-5-3-4-6-15(14)20/h3-8,11,16H,9-10H2,1-2H3,(H,22,24)(H,23,25). The number of aryl methyl sites for hydroxylation is 1. The van der Waals surface area contributed by atoms with Crippen molar-refractivity contribution in [1.29, 1.82) is 0 Å². The van der Waals surface area contributed by atoms with Crippen LogP contribution in [0.25, 0.3) is 0 Å². The average molecular weight is 456 g/mol. The number of thioether (sulfide) groups is 1. The summed E-state index contributed by atoms with van der Waals surface area (Å²) in [6.07, 6.45) is 2.49. The molecule has 0 fully saturated rings. The van der Waals surface area contributed by atoms with Crippen LogP contribution in [0.4, 0.5) is 5.69 Å². The van der Waals surface area contributed by atoms with Crippen molar-refractivity contribution in [1.82, 2.24) is 5.32 Å². The lowest BCUT2D eigenvalue weighted by Gasteiger charge is -2.19. The first kappa shape index (κ1) is 20.8. The second kappa shape index (κ2) is 10.00. The highest BCUT2D eigenvalue weighted by Crippen LogP contribution is 2.21. The number of amides is 2. The number of hydrogen-bond acceptors (Lipinski definition) is 3. The molecule has 0 radical (unpaired) electrons. The van der Waals surface area contributed by atoms with Crippen LogP contribution in [-0.4, -0.2) is 29.9 Å². The van der Waals surface area contributed by atoms with Gasteiger partial charge in [0.1, 0.15) is 6.04 Å². The van der Waals surface area contributed by atoms with Crippen LogP contribution < -0.4 is 10.6 Å². The van der Waals surface area contributed by atoms with E-state index in [0.29, 0.717) is 27.2 Å². The molecule has 26 heavy (non-hydrogen) atoms. The highest BCUT2D eigenvalue weighted by Gasteiger charge is 2.22. The molecule has 0 aromatic heterocycles. The van der Waals surface area contributed by atoms with Crippen LogP contribution in [0.2, 0.25) is 5.02 Å². The summed E-state index contributed by atoms with van der Waals surface area (Å²) in [6.45, 7) is 1.89. The Hall–Kier alpha value is -1.50. The number of halogens is 2. The van der Waals surface area contributed by atoms with Crippen molar-refractivity contribution >= 4 is 56.8 Å².